The van der Waals surface area contributed by atoms with E-state index < -0.39 is 9.84 Å². The van der Waals surface area contributed by atoms with E-state index in [4.69, 9.17) is 0 Å². The van der Waals surface area contributed by atoms with Gasteiger partial charge in [0.05, 0.1) is 0 Å². The number of hydrogen-bond acceptors (Lipinski definition) is 4. The third-order valence-electron chi connectivity index (χ3n) is 2.79. The summed E-state index contributed by atoms with van der Waals surface area (Å²) in [7, 11) is -2.85. The first-order valence-corrected chi connectivity index (χ1v) is 8.37. The smallest absolute Gasteiger partial charge is 0.147 e. The van der Waals surface area contributed by atoms with Crippen LogP contribution in [0.25, 0.3) is 0 Å². The second kappa shape index (κ2) is 7.48. The Morgan fingerprint density at radius 1 is 1.33 bits per heavy atom. The third kappa shape index (κ3) is 6.71. The number of likely N-dealkylation sites (N-methyl/N-ethyl adjacent to an activating group) is 1. The molecular formula is C13H22N2O2S. The summed E-state index contributed by atoms with van der Waals surface area (Å²) in [5, 5.41) is 3.40. The second-order valence-electron chi connectivity index (χ2n) is 4.59. The lowest BCUT2D eigenvalue weighted by molar-refractivity contribution is 0.484. The number of aromatic nitrogens is 1. The van der Waals surface area contributed by atoms with Crippen molar-refractivity contribution in [1.29, 1.82) is 0 Å². The first kappa shape index (κ1) is 15.1. The van der Waals surface area contributed by atoms with Gasteiger partial charge in [-0.05, 0) is 43.5 Å². The van der Waals surface area contributed by atoms with Gasteiger partial charge in [-0.3, -0.25) is 4.98 Å². The molecule has 1 aromatic rings. The van der Waals surface area contributed by atoms with Crippen LogP contribution in [0.3, 0.4) is 0 Å². The van der Waals surface area contributed by atoms with E-state index in [0.717, 1.165) is 19.4 Å². The van der Waals surface area contributed by atoms with Gasteiger partial charge in [-0.25, -0.2) is 8.42 Å². The largest absolute Gasteiger partial charge is 0.314 e. The molecule has 102 valence electrons. The zero-order valence-electron chi connectivity index (χ0n) is 11.1. The summed E-state index contributed by atoms with van der Waals surface area (Å²) in [5.74, 6) is 0.269. The highest BCUT2D eigenvalue weighted by Crippen LogP contribution is 2.07. The molecule has 1 atom stereocenters. The monoisotopic (exact) mass is 270 g/mol. The van der Waals surface area contributed by atoms with E-state index in [0.29, 0.717) is 12.5 Å². The van der Waals surface area contributed by atoms with Crippen LogP contribution >= 0.6 is 0 Å². The zero-order valence-corrected chi connectivity index (χ0v) is 11.9. The number of pyridine rings is 1. The van der Waals surface area contributed by atoms with E-state index in [9.17, 15) is 8.42 Å². The Labute approximate surface area is 110 Å². The van der Waals surface area contributed by atoms with E-state index in [1.54, 1.807) is 12.4 Å². The molecule has 4 nitrogen and oxygen atoms in total. The van der Waals surface area contributed by atoms with Crippen molar-refractivity contribution < 1.29 is 8.42 Å². The molecule has 1 N–H and O–H groups in total. The van der Waals surface area contributed by atoms with Gasteiger partial charge in [0, 0.05) is 30.4 Å². The van der Waals surface area contributed by atoms with E-state index in [2.05, 4.69) is 17.2 Å². The SMILES string of the molecule is CCNC(CCCS(C)(=O)=O)Cc1ccncc1. The van der Waals surface area contributed by atoms with Gasteiger partial charge in [-0.1, -0.05) is 6.92 Å². The molecule has 0 fully saturated rings. The Kier molecular flexibility index (Phi) is 6.29. The topological polar surface area (TPSA) is 59.1 Å². The van der Waals surface area contributed by atoms with Gasteiger partial charge in [0.2, 0.25) is 0 Å². The molecule has 0 saturated heterocycles. The number of hydrogen-bond donors (Lipinski definition) is 1. The van der Waals surface area contributed by atoms with Crippen LogP contribution in [-0.2, 0) is 16.3 Å². The fourth-order valence-electron chi connectivity index (χ4n) is 1.96. The van der Waals surface area contributed by atoms with Gasteiger partial charge in [-0.15, -0.1) is 0 Å². The zero-order chi connectivity index (χ0) is 13.4. The Balaban J connectivity index is 2.45. The maximum atomic E-state index is 11.1. The summed E-state index contributed by atoms with van der Waals surface area (Å²) in [6.45, 7) is 2.96. The first-order chi connectivity index (χ1) is 8.51. The molecule has 5 heteroatoms. The molecule has 0 aromatic carbocycles. The molecule has 0 aliphatic rings. The Bertz CT molecular complexity index is 432. The molecule has 0 saturated carbocycles. The van der Waals surface area contributed by atoms with Crippen molar-refractivity contribution in [3.05, 3.63) is 30.1 Å². The molecule has 1 heterocycles. The van der Waals surface area contributed by atoms with E-state index in [1.165, 1.54) is 11.8 Å². The summed E-state index contributed by atoms with van der Waals surface area (Å²) in [4.78, 5) is 3.99. The lowest BCUT2D eigenvalue weighted by Gasteiger charge is -2.17. The van der Waals surface area contributed by atoms with Crippen LogP contribution in [0, 0.1) is 0 Å². The molecule has 1 unspecified atom stereocenters. The van der Waals surface area contributed by atoms with Crippen molar-refractivity contribution in [2.24, 2.45) is 0 Å². The van der Waals surface area contributed by atoms with E-state index in [1.807, 2.05) is 12.1 Å². The minimum atomic E-state index is -2.85. The van der Waals surface area contributed by atoms with Crippen LogP contribution in [0.2, 0.25) is 0 Å². The molecule has 0 bridgehead atoms. The van der Waals surface area contributed by atoms with Gasteiger partial charge in [0.15, 0.2) is 0 Å². The molecule has 0 amide bonds. The molecule has 0 spiro atoms. The van der Waals surface area contributed by atoms with Crippen LogP contribution in [0.5, 0.6) is 0 Å². The number of nitrogens with one attached hydrogen (secondary N) is 1. The minimum absolute atomic E-state index is 0.269. The van der Waals surface area contributed by atoms with Crippen molar-refractivity contribution in [3.8, 4) is 0 Å². The van der Waals surface area contributed by atoms with Crippen molar-refractivity contribution in [3.63, 3.8) is 0 Å². The Morgan fingerprint density at radius 3 is 2.56 bits per heavy atom. The normalized spacial score (nSPS) is 13.4. The number of nitrogens with zero attached hydrogens (tertiary/aromatic N) is 1. The van der Waals surface area contributed by atoms with Crippen molar-refractivity contribution in [1.82, 2.24) is 10.3 Å². The highest BCUT2D eigenvalue weighted by molar-refractivity contribution is 7.90. The molecule has 18 heavy (non-hydrogen) atoms. The number of rotatable bonds is 8. The van der Waals surface area contributed by atoms with Gasteiger partial charge in [-0.2, -0.15) is 0 Å². The van der Waals surface area contributed by atoms with Crippen molar-refractivity contribution >= 4 is 9.84 Å². The fourth-order valence-corrected chi connectivity index (χ4v) is 2.65. The standard InChI is InChI=1S/C13H22N2O2S/c1-3-15-13(5-4-10-18(2,16)17)11-12-6-8-14-9-7-12/h6-9,13,15H,3-5,10-11H2,1-2H3. The van der Waals surface area contributed by atoms with Gasteiger partial charge in [0.25, 0.3) is 0 Å². The lowest BCUT2D eigenvalue weighted by atomic mass is 10.0. The van der Waals surface area contributed by atoms with Crippen LogP contribution in [-0.4, -0.2) is 38.0 Å². The molecular weight excluding hydrogens is 248 g/mol. The highest BCUT2D eigenvalue weighted by atomic mass is 32.2. The maximum absolute atomic E-state index is 11.1. The lowest BCUT2D eigenvalue weighted by Crippen LogP contribution is -2.31. The first-order valence-electron chi connectivity index (χ1n) is 6.31. The Morgan fingerprint density at radius 2 is 2.00 bits per heavy atom. The Hall–Kier alpha value is -0.940. The summed E-state index contributed by atoms with van der Waals surface area (Å²) in [6.07, 6.45) is 7.37. The van der Waals surface area contributed by atoms with Crippen LogP contribution in [0.4, 0.5) is 0 Å². The van der Waals surface area contributed by atoms with E-state index in [-0.39, 0.29) is 5.75 Å². The summed E-state index contributed by atoms with van der Waals surface area (Å²) in [5.41, 5.74) is 1.23. The molecule has 0 aliphatic carbocycles. The molecule has 1 rings (SSSR count). The second-order valence-corrected chi connectivity index (χ2v) is 6.85. The predicted molar refractivity (Wildman–Crippen MR) is 74.4 cm³/mol. The molecule has 0 radical (unpaired) electrons. The van der Waals surface area contributed by atoms with E-state index >= 15 is 0 Å². The number of sulfone groups is 1. The highest BCUT2D eigenvalue weighted by Gasteiger charge is 2.10. The average molecular weight is 270 g/mol. The van der Waals surface area contributed by atoms with Crippen LogP contribution in [0.15, 0.2) is 24.5 Å². The summed E-state index contributed by atoms with van der Waals surface area (Å²) < 4.78 is 22.2. The summed E-state index contributed by atoms with van der Waals surface area (Å²) in [6, 6.07) is 4.33. The minimum Gasteiger partial charge on any atom is -0.314 e. The van der Waals surface area contributed by atoms with Crippen molar-refractivity contribution in [2.45, 2.75) is 32.2 Å². The quantitative estimate of drug-likeness (QED) is 0.776. The van der Waals surface area contributed by atoms with Crippen LogP contribution in [0.1, 0.15) is 25.3 Å². The third-order valence-corrected chi connectivity index (χ3v) is 3.82. The maximum Gasteiger partial charge on any atom is 0.147 e. The molecule has 0 aliphatic heterocycles. The van der Waals surface area contributed by atoms with Crippen molar-refractivity contribution in [2.75, 3.05) is 18.6 Å². The molecule has 1 aromatic heterocycles. The summed E-state index contributed by atoms with van der Waals surface area (Å²) >= 11 is 0. The van der Waals surface area contributed by atoms with Gasteiger partial charge < -0.3 is 5.32 Å². The average Bonchev–Trinajstić information content (AvgIpc) is 2.29. The van der Waals surface area contributed by atoms with Gasteiger partial charge in [0.1, 0.15) is 9.84 Å². The fraction of sp³-hybridized carbons (Fsp3) is 0.615. The van der Waals surface area contributed by atoms with Gasteiger partial charge >= 0.3 is 0 Å². The van der Waals surface area contributed by atoms with Crippen LogP contribution < -0.4 is 5.32 Å². The predicted octanol–water partition coefficient (Wildman–Crippen LogP) is 1.43.